The molecule has 0 radical (unpaired) electrons. The molecular weight excluding hydrogens is 528 g/mol. The fourth-order valence-electron chi connectivity index (χ4n) is 6.51. The summed E-state index contributed by atoms with van der Waals surface area (Å²) >= 11 is 0. The van der Waals surface area contributed by atoms with Crippen LogP contribution >= 0.6 is 0 Å². The zero-order valence-electron chi connectivity index (χ0n) is 25.4. The lowest BCUT2D eigenvalue weighted by Gasteiger charge is -2.38. The van der Waals surface area contributed by atoms with Gasteiger partial charge in [-0.1, -0.05) is 42.5 Å². The second-order valence-corrected chi connectivity index (χ2v) is 13.2. The molecule has 3 aliphatic rings. The van der Waals surface area contributed by atoms with Crippen LogP contribution in [0.15, 0.2) is 42.5 Å². The van der Waals surface area contributed by atoms with Crippen LogP contribution in [0.4, 0.5) is 4.79 Å². The molecule has 0 aromatic heterocycles. The van der Waals surface area contributed by atoms with Crippen molar-refractivity contribution in [2.24, 2.45) is 0 Å². The molecule has 2 atom stereocenters. The first kappa shape index (κ1) is 30.1. The molecule has 1 aliphatic carbocycles. The van der Waals surface area contributed by atoms with Gasteiger partial charge in [0.2, 0.25) is 0 Å². The summed E-state index contributed by atoms with van der Waals surface area (Å²) in [5, 5.41) is 12.6. The fraction of sp³-hybridized carbons (Fsp3) is 0.559. The van der Waals surface area contributed by atoms with Crippen molar-refractivity contribution in [3.8, 4) is 17.2 Å². The van der Waals surface area contributed by atoms with E-state index in [0.29, 0.717) is 31.4 Å². The number of hydrogen-bond acceptors (Lipinski definition) is 6. The first-order chi connectivity index (χ1) is 20.0. The molecule has 2 amide bonds. The summed E-state index contributed by atoms with van der Waals surface area (Å²) in [5.41, 5.74) is 6.10. The maximum absolute atomic E-state index is 13.1. The Morgan fingerprint density at radius 2 is 1.81 bits per heavy atom. The minimum Gasteiger partial charge on any atom is -0.444 e. The second-order valence-electron chi connectivity index (χ2n) is 13.2. The highest BCUT2D eigenvalue weighted by Gasteiger charge is 2.40. The van der Waals surface area contributed by atoms with Crippen molar-refractivity contribution in [1.29, 1.82) is 5.26 Å². The zero-order valence-corrected chi connectivity index (χ0v) is 25.4. The van der Waals surface area contributed by atoms with Gasteiger partial charge in [-0.15, -0.1) is 0 Å². The Balaban J connectivity index is 1.19. The first-order valence-corrected chi connectivity index (χ1v) is 15.3. The average Bonchev–Trinajstić information content (AvgIpc) is 3.12. The van der Waals surface area contributed by atoms with E-state index in [4.69, 9.17) is 9.47 Å². The molecule has 2 aliphatic heterocycles. The average molecular weight is 573 g/mol. The molecule has 2 aromatic rings. The Labute approximate surface area is 250 Å². The van der Waals surface area contributed by atoms with Crippen molar-refractivity contribution in [1.82, 2.24) is 15.1 Å². The molecule has 2 aromatic carbocycles. The van der Waals surface area contributed by atoms with Gasteiger partial charge in [-0.05, 0) is 106 Å². The quantitative estimate of drug-likeness (QED) is 0.551. The van der Waals surface area contributed by atoms with Gasteiger partial charge in [0.1, 0.15) is 11.6 Å². The van der Waals surface area contributed by atoms with E-state index in [0.717, 1.165) is 17.5 Å². The highest BCUT2D eigenvalue weighted by atomic mass is 16.6. The van der Waals surface area contributed by atoms with Crippen molar-refractivity contribution in [3.63, 3.8) is 0 Å². The number of carbonyl (C=O) groups excluding carboxylic acids is 2. The zero-order chi connectivity index (χ0) is 29.9. The molecule has 2 heterocycles. The summed E-state index contributed by atoms with van der Waals surface area (Å²) < 4.78 is 11.2. The van der Waals surface area contributed by atoms with Crippen LogP contribution < -0.4 is 5.32 Å². The molecule has 0 saturated carbocycles. The molecule has 1 spiro atoms. The van der Waals surface area contributed by atoms with Gasteiger partial charge >= 0.3 is 6.09 Å². The Hall–Kier alpha value is -3.41. The van der Waals surface area contributed by atoms with Gasteiger partial charge < -0.3 is 24.6 Å². The topological polar surface area (TPSA) is 94.9 Å². The Morgan fingerprint density at radius 1 is 1.10 bits per heavy atom. The van der Waals surface area contributed by atoms with Gasteiger partial charge in [-0.3, -0.25) is 4.79 Å². The maximum atomic E-state index is 13.1. The number of nitrogens with zero attached hydrogens (tertiary/aromatic N) is 3. The van der Waals surface area contributed by atoms with Crippen molar-refractivity contribution < 1.29 is 19.1 Å². The van der Waals surface area contributed by atoms with Gasteiger partial charge in [0.05, 0.1) is 12.6 Å². The lowest BCUT2D eigenvalue weighted by molar-refractivity contribution is -0.133. The van der Waals surface area contributed by atoms with E-state index in [-0.39, 0.29) is 6.54 Å². The molecule has 1 N–H and O–H groups in total. The van der Waals surface area contributed by atoms with E-state index in [9.17, 15) is 14.9 Å². The summed E-state index contributed by atoms with van der Waals surface area (Å²) in [5.74, 6) is -0.394. The third kappa shape index (κ3) is 6.96. The SMILES string of the molecule is CN1CCC2(CCc3cc(-c4ccc(C[C@@H](C#N)NC(=O)[C@@H]5CN(C(=O)OC(C)(C)C)CCCO5)cc4)ccc32)CC1. The number of ether oxygens (including phenoxy) is 2. The smallest absolute Gasteiger partial charge is 0.410 e. The van der Waals surface area contributed by atoms with Crippen LogP contribution in [-0.4, -0.2) is 79.4 Å². The van der Waals surface area contributed by atoms with Gasteiger partial charge in [0, 0.05) is 19.6 Å². The number of amides is 2. The predicted octanol–water partition coefficient (Wildman–Crippen LogP) is 4.84. The molecule has 42 heavy (non-hydrogen) atoms. The summed E-state index contributed by atoms with van der Waals surface area (Å²) in [6, 6.07) is 16.7. The largest absolute Gasteiger partial charge is 0.444 e. The number of aryl methyl sites for hydroxylation is 1. The number of nitriles is 1. The van der Waals surface area contributed by atoms with Crippen molar-refractivity contribution >= 4 is 12.0 Å². The number of carbonyl (C=O) groups is 2. The molecule has 2 saturated heterocycles. The van der Waals surface area contributed by atoms with Crippen LogP contribution in [0.1, 0.15) is 63.1 Å². The van der Waals surface area contributed by atoms with Crippen LogP contribution in [-0.2, 0) is 32.5 Å². The first-order valence-electron chi connectivity index (χ1n) is 15.3. The highest BCUT2D eigenvalue weighted by molar-refractivity contribution is 5.82. The van der Waals surface area contributed by atoms with Gasteiger partial charge in [0.25, 0.3) is 5.91 Å². The Morgan fingerprint density at radius 3 is 2.50 bits per heavy atom. The Kier molecular flexibility index (Phi) is 8.91. The molecular formula is C34H44N4O4. The summed E-state index contributed by atoms with van der Waals surface area (Å²) in [4.78, 5) is 29.6. The number of likely N-dealkylation sites (tertiary alicyclic amines) is 1. The van der Waals surface area contributed by atoms with Crippen LogP contribution in [0.3, 0.4) is 0 Å². The molecule has 224 valence electrons. The highest BCUT2D eigenvalue weighted by Crippen LogP contribution is 2.47. The van der Waals surface area contributed by atoms with Crippen molar-refractivity contribution in [2.75, 3.05) is 39.8 Å². The third-order valence-electron chi connectivity index (χ3n) is 8.91. The summed E-state index contributed by atoms with van der Waals surface area (Å²) in [7, 11) is 2.22. The summed E-state index contributed by atoms with van der Waals surface area (Å²) in [6.07, 6.45) is 4.57. The minimum atomic E-state index is -0.855. The molecule has 5 rings (SSSR count). The number of fused-ring (bicyclic) bond motifs is 2. The van der Waals surface area contributed by atoms with E-state index < -0.39 is 29.7 Å². The monoisotopic (exact) mass is 572 g/mol. The fourth-order valence-corrected chi connectivity index (χ4v) is 6.51. The van der Waals surface area contributed by atoms with E-state index in [1.54, 1.807) is 5.56 Å². The van der Waals surface area contributed by atoms with Crippen molar-refractivity contribution in [2.45, 2.75) is 82.5 Å². The molecule has 2 fully saturated rings. The number of hydrogen-bond donors (Lipinski definition) is 1. The normalized spacial score (nSPS) is 21.2. The maximum Gasteiger partial charge on any atom is 0.410 e. The number of piperidine rings is 1. The number of nitrogens with one attached hydrogen (secondary N) is 1. The van der Waals surface area contributed by atoms with Gasteiger partial charge in [0.15, 0.2) is 6.10 Å². The van der Waals surface area contributed by atoms with E-state index >= 15 is 0 Å². The molecule has 8 nitrogen and oxygen atoms in total. The third-order valence-corrected chi connectivity index (χ3v) is 8.91. The van der Waals surface area contributed by atoms with Crippen LogP contribution in [0.5, 0.6) is 0 Å². The van der Waals surface area contributed by atoms with Gasteiger partial charge in [-0.25, -0.2) is 4.79 Å². The molecule has 8 heteroatoms. The van der Waals surface area contributed by atoms with Crippen LogP contribution in [0, 0.1) is 11.3 Å². The van der Waals surface area contributed by atoms with E-state index in [1.807, 2.05) is 32.9 Å². The van der Waals surface area contributed by atoms with Gasteiger partial charge in [-0.2, -0.15) is 5.26 Å². The molecule has 0 unspecified atom stereocenters. The lowest BCUT2D eigenvalue weighted by atomic mass is 9.74. The standard InChI is InChI=1S/C34H44N4O4/c1-33(2,3)42-32(40)38-16-5-19-41-30(23-38)31(39)36-28(22-35)20-24-6-8-25(9-7-24)26-10-11-29-27(21-26)12-13-34(29)14-17-37(4)18-15-34/h6-11,21,28,30H,5,12-20,23H2,1-4H3,(H,36,39)/t28-,30-/m0/s1. The van der Waals surface area contributed by atoms with Crippen molar-refractivity contribution in [3.05, 3.63) is 59.2 Å². The van der Waals surface area contributed by atoms with E-state index in [2.05, 4.69) is 53.7 Å². The van der Waals surface area contributed by atoms with Crippen LogP contribution in [0.25, 0.3) is 11.1 Å². The molecule has 0 bridgehead atoms. The van der Waals surface area contributed by atoms with Crippen LogP contribution in [0.2, 0.25) is 0 Å². The number of rotatable bonds is 5. The predicted molar refractivity (Wildman–Crippen MR) is 162 cm³/mol. The number of benzene rings is 2. The minimum absolute atomic E-state index is 0.0898. The lowest BCUT2D eigenvalue weighted by Crippen LogP contribution is -2.48. The Bertz CT molecular complexity index is 1320. The van der Waals surface area contributed by atoms with E-state index in [1.165, 1.54) is 48.4 Å². The summed E-state index contributed by atoms with van der Waals surface area (Å²) in [6.45, 7) is 8.67. The second kappa shape index (κ2) is 12.4.